The zero-order valence-corrected chi connectivity index (χ0v) is 17.1. The van der Waals surface area contributed by atoms with Gasteiger partial charge < -0.3 is 9.47 Å². The van der Waals surface area contributed by atoms with Crippen LogP contribution in [0.4, 0.5) is 0 Å². The van der Waals surface area contributed by atoms with Gasteiger partial charge in [-0.2, -0.15) is 5.10 Å². The van der Waals surface area contributed by atoms with Gasteiger partial charge in [-0.05, 0) is 68.5 Å². The fourth-order valence-electron chi connectivity index (χ4n) is 3.74. The van der Waals surface area contributed by atoms with Crippen molar-refractivity contribution in [3.63, 3.8) is 0 Å². The van der Waals surface area contributed by atoms with E-state index in [9.17, 15) is 9.59 Å². The number of ether oxygens (including phenoxy) is 2. The molecule has 1 saturated carbocycles. The van der Waals surface area contributed by atoms with Crippen LogP contribution in [0.5, 0.6) is 11.5 Å². The number of rotatable bonds is 8. The Bertz CT molecular complexity index is 810. The van der Waals surface area contributed by atoms with Crippen molar-refractivity contribution in [2.75, 3.05) is 7.11 Å². The molecule has 0 saturated heterocycles. The van der Waals surface area contributed by atoms with Crippen LogP contribution in [0.25, 0.3) is 0 Å². The summed E-state index contributed by atoms with van der Waals surface area (Å²) in [5, 5.41) is 8.32. The maximum Gasteiger partial charge on any atom is 0.364 e. The molecule has 2 aromatic rings. The lowest BCUT2D eigenvalue weighted by atomic mass is 9.78. The van der Waals surface area contributed by atoms with Crippen LogP contribution < -0.4 is 9.47 Å². The minimum atomic E-state index is -0.542. The number of carbonyl (C=O) groups is 2. The molecule has 1 fully saturated rings. The van der Waals surface area contributed by atoms with E-state index in [-0.39, 0.29) is 11.6 Å². The molecule has 1 aromatic heterocycles. The number of nitrogens with zero attached hydrogens (tertiary/aromatic N) is 2. The zero-order valence-electron chi connectivity index (χ0n) is 17.1. The van der Waals surface area contributed by atoms with Crippen molar-refractivity contribution in [2.45, 2.75) is 57.8 Å². The summed E-state index contributed by atoms with van der Waals surface area (Å²) in [5.74, 6) is 1.48. The molecule has 0 amide bonds. The van der Waals surface area contributed by atoms with Crippen molar-refractivity contribution in [3.8, 4) is 11.5 Å². The van der Waals surface area contributed by atoms with Crippen molar-refractivity contribution in [1.29, 1.82) is 0 Å². The Labute approximate surface area is 171 Å². The first-order valence-electron chi connectivity index (χ1n) is 10.3. The number of hydrogen-bond acceptors (Lipinski definition) is 6. The highest BCUT2D eigenvalue weighted by molar-refractivity contribution is 5.88. The smallest absolute Gasteiger partial charge is 0.364 e. The fourth-order valence-corrected chi connectivity index (χ4v) is 3.74. The van der Waals surface area contributed by atoms with Crippen LogP contribution in [-0.2, 0) is 4.79 Å². The summed E-state index contributed by atoms with van der Waals surface area (Å²) in [5.41, 5.74) is 1.05. The summed E-state index contributed by atoms with van der Waals surface area (Å²) in [6, 6.07) is 10.3. The molecule has 0 radical (unpaired) electrons. The minimum absolute atomic E-state index is 0.174. The lowest BCUT2D eigenvalue weighted by molar-refractivity contribution is -0.124. The third-order valence-corrected chi connectivity index (χ3v) is 5.54. The predicted octanol–water partition coefficient (Wildman–Crippen LogP) is 4.74. The monoisotopic (exact) mass is 396 g/mol. The molecule has 0 bridgehead atoms. The average molecular weight is 396 g/mol. The van der Waals surface area contributed by atoms with Crippen LogP contribution in [0.15, 0.2) is 36.4 Å². The number of methoxy groups -OCH3 is 1. The molecule has 0 aliphatic heterocycles. The lowest BCUT2D eigenvalue weighted by Gasteiger charge is -2.27. The maximum atomic E-state index is 12.3. The van der Waals surface area contributed by atoms with Gasteiger partial charge in [0.05, 0.1) is 12.8 Å². The molecule has 1 aliphatic rings. The first-order valence-corrected chi connectivity index (χ1v) is 10.3. The van der Waals surface area contributed by atoms with Gasteiger partial charge in [0.1, 0.15) is 17.3 Å². The number of benzene rings is 1. The molecule has 6 heteroatoms. The third-order valence-electron chi connectivity index (χ3n) is 5.54. The SMILES string of the molecule is CCCCC(=O)[C@H]1CC[C@H](c2ccc(C(=O)Oc3ccc(OC)cc3)nn2)CC1. The standard InChI is InChI=1S/C23H28N2O4/c1-3-4-5-22(26)17-8-6-16(7-9-17)20-14-15-21(25-24-20)23(27)29-19-12-10-18(28-2)11-13-19/h10-17H,3-9H2,1-2H3/t16-,17-. The van der Waals surface area contributed by atoms with Gasteiger partial charge in [0, 0.05) is 18.3 Å². The van der Waals surface area contributed by atoms with E-state index in [1.165, 1.54) is 0 Å². The lowest BCUT2D eigenvalue weighted by Crippen LogP contribution is -2.22. The number of carbonyl (C=O) groups excluding carboxylic acids is 2. The molecular formula is C23H28N2O4. The average Bonchev–Trinajstić information content (AvgIpc) is 2.78. The van der Waals surface area contributed by atoms with E-state index in [1.807, 2.05) is 6.07 Å². The maximum absolute atomic E-state index is 12.3. The number of ketones is 1. The highest BCUT2D eigenvalue weighted by Gasteiger charge is 2.27. The highest BCUT2D eigenvalue weighted by atomic mass is 16.5. The number of aromatic nitrogens is 2. The molecule has 1 heterocycles. The minimum Gasteiger partial charge on any atom is -0.497 e. The summed E-state index contributed by atoms with van der Waals surface area (Å²) >= 11 is 0. The third kappa shape index (κ3) is 5.62. The normalized spacial score (nSPS) is 18.8. The molecule has 3 rings (SSSR count). The van der Waals surface area contributed by atoms with E-state index in [1.54, 1.807) is 37.4 Å². The summed E-state index contributed by atoms with van der Waals surface area (Å²) in [6.45, 7) is 2.11. The van der Waals surface area contributed by atoms with E-state index in [4.69, 9.17) is 9.47 Å². The summed E-state index contributed by atoms with van der Waals surface area (Å²) < 4.78 is 10.4. The first-order chi connectivity index (χ1) is 14.1. The second-order valence-corrected chi connectivity index (χ2v) is 7.53. The molecule has 0 N–H and O–H groups in total. The molecular weight excluding hydrogens is 368 g/mol. The molecule has 1 aliphatic carbocycles. The van der Waals surface area contributed by atoms with Crippen molar-refractivity contribution < 1.29 is 19.1 Å². The Hall–Kier alpha value is -2.76. The first kappa shape index (κ1) is 21.0. The molecule has 0 spiro atoms. The molecule has 0 atom stereocenters. The Balaban J connectivity index is 1.53. The van der Waals surface area contributed by atoms with Crippen LogP contribution in [-0.4, -0.2) is 29.1 Å². The van der Waals surface area contributed by atoms with Gasteiger partial charge in [-0.1, -0.05) is 13.3 Å². The highest BCUT2D eigenvalue weighted by Crippen LogP contribution is 2.35. The van der Waals surface area contributed by atoms with Gasteiger partial charge in [0.25, 0.3) is 0 Å². The fraction of sp³-hybridized carbons (Fsp3) is 0.478. The zero-order chi connectivity index (χ0) is 20.6. The Morgan fingerprint density at radius 3 is 2.24 bits per heavy atom. The summed E-state index contributed by atoms with van der Waals surface area (Å²) in [6.07, 6.45) is 6.45. The van der Waals surface area contributed by atoms with Crippen LogP contribution in [0.1, 0.15) is 74.0 Å². The molecule has 154 valence electrons. The second-order valence-electron chi connectivity index (χ2n) is 7.53. The van der Waals surface area contributed by atoms with Gasteiger partial charge >= 0.3 is 5.97 Å². The van der Waals surface area contributed by atoms with E-state index in [2.05, 4.69) is 17.1 Å². The van der Waals surface area contributed by atoms with Crippen molar-refractivity contribution >= 4 is 11.8 Å². The van der Waals surface area contributed by atoms with Gasteiger partial charge in [-0.25, -0.2) is 4.79 Å². The number of Topliss-reactive ketones (excluding diaryl/α,β-unsaturated/α-hetero) is 1. The van der Waals surface area contributed by atoms with Crippen molar-refractivity contribution in [3.05, 3.63) is 47.8 Å². The van der Waals surface area contributed by atoms with Crippen LogP contribution >= 0.6 is 0 Å². The Kier molecular flexibility index (Phi) is 7.33. The van der Waals surface area contributed by atoms with E-state index >= 15 is 0 Å². The van der Waals surface area contributed by atoms with E-state index < -0.39 is 5.97 Å². The van der Waals surface area contributed by atoms with Gasteiger partial charge in [0.2, 0.25) is 0 Å². The summed E-state index contributed by atoms with van der Waals surface area (Å²) in [4.78, 5) is 24.5. The predicted molar refractivity (Wildman–Crippen MR) is 109 cm³/mol. The molecule has 1 aromatic carbocycles. The Morgan fingerprint density at radius 2 is 1.66 bits per heavy atom. The molecule has 0 unspecified atom stereocenters. The van der Waals surface area contributed by atoms with E-state index in [0.717, 1.165) is 44.2 Å². The molecule has 6 nitrogen and oxygen atoms in total. The quantitative estimate of drug-likeness (QED) is 0.474. The van der Waals surface area contributed by atoms with Gasteiger partial charge in [-0.3, -0.25) is 4.79 Å². The van der Waals surface area contributed by atoms with E-state index in [0.29, 0.717) is 29.6 Å². The number of esters is 1. The van der Waals surface area contributed by atoms with Crippen LogP contribution in [0, 0.1) is 5.92 Å². The molecule has 29 heavy (non-hydrogen) atoms. The van der Waals surface area contributed by atoms with Crippen LogP contribution in [0.2, 0.25) is 0 Å². The Morgan fingerprint density at radius 1 is 0.966 bits per heavy atom. The number of hydrogen-bond donors (Lipinski definition) is 0. The topological polar surface area (TPSA) is 78.4 Å². The van der Waals surface area contributed by atoms with Crippen LogP contribution in [0.3, 0.4) is 0 Å². The van der Waals surface area contributed by atoms with Crippen molar-refractivity contribution in [1.82, 2.24) is 10.2 Å². The van der Waals surface area contributed by atoms with Gasteiger partial charge in [0.15, 0.2) is 5.69 Å². The van der Waals surface area contributed by atoms with Gasteiger partial charge in [-0.15, -0.1) is 5.10 Å². The van der Waals surface area contributed by atoms with Crippen molar-refractivity contribution in [2.24, 2.45) is 5.92 Å². The number of unbranched alkanes of at least 4 members (excludes halogenated alkanes) is 1. The largest absolute Gasteiger partial charge is 0.497 e. The summed E-state index contributed by atoms with van der Waals surface area (Å²) in [7, 11) is 1.58. The second kappa shape index (κ2) is 10.1.